The van der Waals surface area contributed by atoms with Crippen molar-refractivity contribution in [1.29, 1.82) is 0 Å². The van der Waals surface area contributed by atoms with Gasteiger partial charge in [0.1, 0.15) is 29.8 Å². The summed E-state index contributed by atoms with van der Waals surface area (Å²) in [6.45, 7) is 14.3. The van der Waals surface area contributed by atoms with Crippen molar-refractivity contribution >= 4 is 17.8 Å². The van der Waals surface area contributed by atoms with Crippen LogP contribution in [0.4, 0.5) is 0 Å². The van der Waals surface area contributed by atoms with Crippen LogP contribution in [-0.2, 0) is 29.4 Å². The van der Waals surface area contributed by atoms with Gasteiger partial charge < -0.3 is 23.7 Å². The molecule has 1 fully saturated rings. The van der Waals surface area contributed by atoms with Crippen LogP contribution in [0.15, 0.2) is 143 Å². The molecular formula is C50H54N2O10. The molecule has 4 aromatic carbocycles. The highest BCUT2D eigenvalue weighted by atomic mass is 16.6. The lowest BCUT2D eigenvalue weighted by Crippen LogP contribution is -2.48. The topological polar surface area (TPSA) is 141 Å². The summed E-state index contributed by atoms with van der Waals surface area (Å²) in [5.41, 5.74) is -3.91. The summed E-state index contributed by atoms with van der Waals surface area (Å²) in [6, 6.07) is 32.7. The van der Waals surface area contributed by atoms with E-state index in [0.29, 0.717) is 32.8 Å². The largest absolute Gasteiger partial charge is 0.497 e. The van der Waals surface area contributed by atoms with Crippen molar-refractivity contribution in [2.75, 3.05) is 27.4 Å². The lowest BCUT2D eigenvalue weighted by molar-refractivity contribution is -0.175. The van der Waals surface area contributed by atoms with Crippen molar-refractivity contribution in [1.82, 2.24) is 9.13 Å². The van der Waals surface area contributed by atoms with Gasteiger partial charge in [0.2, 0.25) is 0 Å². The molecule has 0 spiro atoms. The number of benzene rings is 4. The molecule has 0 saturated heterocycles. The van der Waals surface area contributed by atoms with Gasteiger partial charge in [-0.2, -0.15) is 4.57 Å². The lowest BCUT2D eigenvalue weighted by atomic mass is 9.78. The summed E-state index contributed by atoms with van der Waals surface area (Å²) in [5.74, 6) is -0.662. The molecule has 0 N–H and O–H groups in total. The van der Waals surface area contributed by atoms with Crippen LogP contribution in [0, 0.1) is 16.2 Å². The third kappa shape index (κ3) is 8.78. The van der Waals surface area contributed by atoms with Gasteiger partial charge in [-0.3, -0.25) is 23.7 Å². The summed E-state index contributed by atoms with van der Waals surface area (Å²) in [6.07, 6.45) is 0.161. The molecule has 1 aliphatic rings. The minimum absolute atomic E-state index is 0.0435. The van der Waals surface area contributed by atoms with Crippen molar-refractivity contribution in [2.45, 2.75) is 65.7 Å². The molecule has 0 radical (unpaired) electrons. The van der Waals surface area contributed by atoms with Crippen LogP contribution in [0.1, 0.15) is 81.1 Å². The summed E-state index contributed by atoms with van der Waals surface area (Å²) < 4.78 is 32.9. The Labute approximate surface area is 361 Å². The zero-order chi connectivity index (χ0) is 45.0. The number of hydrogen-bond donors (Lipinski definition) is 0. The summed E-state index contributed by atoms with van der Waals surface area (Å²) >= 11 is 0. The highest BCUT2D eigenvalue weighted by molar-refractivity contribution is 5.95. The number of aromatic nitrogens is 2. The van der Waals surface area contributed by atoms with E-state index in [0.717, 1.165) is 11.6 Å². The van der Waals surface area contributed by atoms with E-state index in [9.17, 15) is 24.0 Å². The first-order chi connectivity index (χ1) is 29.4. The highest BCUT2D eigenvalue weighted by Crippen LogP contribution is 2.53. The van der Waals surface area contributed by atoms with E-state index in [1.165, 1.54) is 22.9 Å². The van der Waals surface area contributed by atoms with Gasteiger partial charge in [0, 0.05) is 24.2 Å². The Hall–Kier alpha value is -6.53. The fourth-order valence-electron chi connectivity index (χ4n) is 7.62. The van der Waals surface area contributed by atoms with Crippen LogP contribution < -0.4 is 20.7 Å². The van der Waals surface area contributed by atoms with E-state index in [2.05, 4.69) is 6.58 Å². The molecule has 1 aromatic heterocycles. The van der Waals surface area contributed by atoms with Crippen molar-refractivity contribution in [3.05, 3.63) is 177 Å². The molecule has 0 aliphatic heterocycles. The Kier molecular flexibility index (Phi) is 12.9. The molecule has 324 valence electrons. The first-order valence-electron chi connectivity index (χ1n) is 20.4. The zero-order valence-corrected chi connectivity index (χ0v) is 36.5. The fraction of sp³-hybridized carbons (Fsp3) is 0.340. The van der Waals surface area contributed by atoms with Gasteiger partial charge in [-0.1, -0.05) is 79.4 Å². The quantitative estimate of drug-likeness (QED) is 0.0656. The van der Waals surface area contributed by atoms with E-state index in [1.54, 1.807) is 74.0 Å². The van der Waals surface area contributed by atoms with Crippen LogP contribution in [-0.4, -0.2) is 60.5 Å². The Morgan fingerprint density at radius 1 is 0.677 bits per heavy atom. The SMILES string of the molecule is C=C1[C@@H](n2ccc(=O)n(C(=O)c3ccccc3)c2=O)C[C@H](OC(=O)C(C)(C)C)[C@@]1(COC(=O)C(C)(C)C)COC(c1ccccc1)(c1ccc(OC)cc1)c1ccc(OC)cc1. The second-order valence-electron chi connectivity index (χ2n) is 17.5. The normalized spacial score (nSPS) is 17.9. The molecule has 5 aromatic rings. The van der Waals surface area contributed by atoms with Gasteiger partial charge in [-0.15, -0.1) is 0 Å². The van der Waals surface area contributed by atoms with Crippen molar-refractivity contribution in [3.8, 4) is 11.5 Å². The third-order valence-corrected chi connectivity index (χ3v) is 11.3. The van der Waals surface area contributed by atoms with Gasteiger partial charge in [-0.05, 0) is 100 Å². The molecule has 1 aliphatic carbocycles. The number of ether oxygens (including phenoxy) is 5. The van der Waals surface area contributed by atoms with E-state index < -0.39 is 63.1 Å². The molecule has 1 saturated carbocycles. The minimum Gasteiger partial charge on any atom is -0.497 e. The maximum absolute atomic E-state index is 14.4. The molecule has 62 heavy (non-hydrogen) atoms. The van der Waals surface area contributed by atoms with Crippen LogP contribution in [0.2, 0.25) is 0 Å². The summed E-state index contributed by atoms with van der Waals surface area (Å²) in [5, 5.41) is 0. The first-order valence-corrected chi connectivity index (χ1v) is 20.4. The van der Waals surface area contributed by atoms with Gasteiger partial charge in [0.25, 0.3) is 11.5 Å². The standard InChI is InChI=1S/C50H54N2O10/c1-33-40(51-29-28-42(53)52(46(51)57)43(54)34-16-12-10-13-17-34)30-41(62-45(56)48(5,6)7)49(33,31-60-44(55)47(2,3)4)32-61-50(35-18-14-11-15-19-35,36-20-24-38(58-8)25-21-36)37-22-26-39(59-9)27-23-37/h10-29,40-41H,1,30-32H2,2-9H3/t40-,41-,49-/m0/s1. The predicted molar refractivity (Wildman–Crippen MR) is 234 cm³/mol. The Balaban J connectivity index is 1.58. The molecule has 12 heteroatoms. The minimum atomic E-state index is -1.52. The average molecular weight is 843 g/mol. The van der Waals surface area contributed by atoms with Crippen LogP contribution in [0.25, 0.3) is 0 Å². The molecule has 6 rings (SSSR count). The number of carbonyl (C=O) groups excluding carboxylic acids is 3. The van der Waals surface area contributed by atoms with E-state index in [1.807, 2.05) is 78.9 Å². The molecular weight excluding hydrogens is 789 g/mol. The Morgan fingerprint density at radius 2 is 1.18 bits per heavy atom. The summed E-state index contributed by atoms with van der Waals surface area (Å²) in [7, 11) is 3.16. The number of methoxy groups -OCH3 is 2. The van der Waals surface area contributed by atoms with Gasteiger partial charge >= 0.3 is 17.6 Å². The van der Waals surface area contributed by atoms with Gasteiger partial charge in [0.15, 0.2) is 0 Å². The van der Waals surface area contributed by atoms with Crippen LogP contribution >= 0.6 is 0 Å². The monoisotopic (exact) mass is 842 g/mol. The van der Waals surface area contributed by atoms with Crippen molar-refractivity contribution < 1.29 is 38.1 Å². The number of hydrogen-bond acceptors (Lipinski definition) is 10. The smallest absolute Gasteiger partial charge is 0.338 e. The second-order valence-corrected chi connectivity index (χ2v) is 17.5. The lowest BCUT2D eigenvalue weighted by Gasteiger charge is -2.42. The highest BCUT2D eigenvalue weighted by Gasteiger charge is 2.57. The van der Waals surface area contributed by atoms with E-state index in [-0.39, 0.29) is 25.2 Å². The van der Waals surface area contributed by atoms with Crippen LogP contribution in [0.5, 0.6) is 11.5 Å². The van der Waals surface area contributed by atoms with Crippen molar-refractivity contribution in [2.24, 2.45) is 16.2 Å². The first kappa shape index (κ1) is 45.0. The maximum atomic E-state index is 14.4. The Morgan fingerprint density at radius 3 is 1.68 bits per heavy atom. The average Bonchev–Trinajstić information content (AvgIpc) is 3.52. The van der Waals surface area contributed by atoms with E-state index in [4.69, 9.17) is 23.7 Å². The second kappa shape index (κ2) is 17.8. The molecule has 0 bridgehead atoms. The molecule has 0 amide bonds. The zero-order valence-electron chi connectivity index (χ0n) is 36.5. The van der Waals surface area contributed by atoms with Gasteiger partial charge in [-0.25, -0.2) is 4.79 Å². The molecule has 3 atom stereocenters. The van der Waals surface area contributed by atoms with Gasteiger partial charge in [0.05, 0.1) is 43.1 Å². The number of carbonyl (C=O) groups is 3. The molecule has 1 heterocycles. The number of nitrogens with zero attached hydrogens (tertiary/aromatic N) is 2. The molecule has 12 nitrogen and oxygen atoms in total. The van der Waals surface area contributed by atoms with Crippen molar-refractivity contribution in [3.63, 3.8) is 0 Å². The fourth-order valence-corrected chi connectivity index (χ4v) is 7.62. The number of rotatable bonds is 13. The van der Waals surface area contributed by atoms with E-state index >= 15 is 0 Å². The summed E-state index contributed by atoms with van der Waals surface area (Å²) in [4.78, 5) is 69.1. The maximum Gasteiger partial charge on any atom is 0.338 e. The predicted octanol–water partition coefficient (Wildman–Crippen LogP) is 7.76. The number of esters is 2. The molecule has 0 unspecified atom stereocenters. The third-order valence-electron chi connectivity index (χ3n) is 11.3. The van der Waals surface area contributed by atoms with Crippen LogP contribution in [0.3, 0.4) is 0 Å². The Bertz CT molecular complexity index is 2480.